The molecule has 3 nitrogen and oxygen atoms in total. The number of carboxylic acid groups (broad SMARTS) is 1. The van der Waals surface area contributed by atoms with Crippen molar-refractivity contribution in [2.75, 3.05) is 0 Å². The van der Waals surface area contributed by atoms with Crippen molar-refractivity contribution >= 4 is 5.97 Å². The molecule has 0 bridgehead atoms. The van der Waals surface area contributed by atoms with Gasteiger partial charge in [0.25, 0.3) is 0 Å². The molecule has 0 aromatic carbocycles. The second kappa shape index (κ2) is 4.27. The van der Waals surface area contributed by atoms with Crippen LogP contribution in [0.15, 0.2) is 0 Å². The van der Waals surface area contributed by atoms with E-state index in [1.54, 1.807) is 0 Å². The average Bonchev–Trinajstić information content (AvgIpc) is 2.48. The number of hydrogen-bond acceptors (Lipinski definition) is 2. The minimum absolute atomic E-state index is 0.205. The van der Waals surface area contributed by atoms with Gasteiger partial charge in [0.05, 0.1) is 12.0 Å². The highest BCUT2D eigenvalue weighted by Gasteiger charge is 2.37. The topological polar surface area (TPSA) is 61.1 Å². The van der Waals surface area contributed by atoms with E-state index in [0.29, 0.717) is 18.8 Å². The second-order valence-electron chi connectivity index (χ2n) is 3.81. The van der Waals surface area contributed by atoms with Gasteiger partial charge in [-0.3, -0.25) is 4.79 Å². The van der Waals surface area contributed by atoms with Crippen LogP contribution < -0.4 is 0 Å². The predicted molar refractivity (Wildman–Crippen MR) is 47.9 cm³/mol. The van der Waals surface area contributed by atoms with Crippen LogP contribution in [0, 0.1) is 29.1 Å². The van der Waals surface area contributed by atoms with Crippen molar-refractivity contribution in [2.24, 2.45) is 17.8 Å². The maximum atomic E-state index is 10.8. The van der Waals surface area contributed by atoms with Crippen molar-refractivity contribution in [3.63, 3.8) is 0 Å². The Kier molecular flexibility index (Phi) is 3.30. The third kappa shape index (κ3) is 2.21. The molecule has 1 rings (SSSR count). The van der Waals surface area contributed by atoms with Gasteiger partial charge in [-0.25, -0.2) is 0 Å². The molecule has 0 saturated heterocycles. The zero-order valence-electron chi connectivity index (χ0n) is 7.86. The third-order valence-corrected chi connectivity index (χ3v) is 3.01. The van der Waals surface area contributed by atoms with Crippen molar-refractivity contribution < 1.29 is 9.90 Å². The molecule has 0 aromatic heterocycles. The van der Waals surface area contributed by atoms with E-state index in [-0.39, 0.29) is 11.8 Å². The number of nitrogens with zero attached hydrogens (tertiary/aromatic N) is 1. The summed E-state index contributed by atoms with van der Waals surface area (Å²) in [6.07, 6.45) is 3.04. The molecule has 1 aliphatic rings. The molecule has 1 saturated carbocycles. The SMILES string of the molecule is CC[C@@H]1C[C@@H](CC#N)C[C@@H]1C(=O)O. The van der Waals surface area contributed by atoms with Gasteiger partial charge in [-0.2, -0.15) is 5.26 Å². The Morgan fingerprint density at radius 2 is 2.31 bits per heavy atom. The fourth-order valence-corrected chi connectivity index (χ4v) is 2.29. The number of hydrogen-bond donors (Lipinski definition) is 1. The summed E-state index contributed by atoms with van der Waals surface area (Å²) in [5, 5.41) is 17.4. The van der Waals surface area contributed by atoms with Crippen molar-refractivity contribution in [1.29, 1.82) is 5.26 Å². The molecule has 0 aromatic rings. The lowest BCUT2D eigenvalue weighted by Crippen LogP contribution is -2.17. The van der Waals surface area contributed by atoms with Crippen molar-refractivity contribution in [3.8, 4) is 6.07 Å². The first-order valence-corrected chi connectivity index (χ1v) is 4.78. The summed E-state index contributed by atoms with van der Waals surface area (Å²) in [5.41, 5.74) is 0. The Bertz CT molecular complexity index is 232. The van der Waals surface area contributed by atoms with E-state index in [2.05, 4.69) is 6.07 Å². The maximum Gasteiger partial charge on any atom is 0.306 e. The molecule has 1 fully saturated rings. The van der Waals surface area contributed by atoms with Gasteiger partial charge in [-0.1, -0.05) is 13.3 Å². The van der Waals surface area contributed by atoms with Crippen LogP contribution in [0.4, 0.5) is 0 Å². The van der Waals surface area contributed by atoms with Crippen LogP contribution in [0.3, 0.4) is 0 Å². The lowest BCUT2D eigenvalue weighted by atomic mass is 9.94. The summed E-state index contributed by atoms with van der Waals surface area (Å²) in [6.45, 7) is 2.02. The summed E-state index contributed by atoms with van der Waals surface area (Å²) in [7, 11) is 0. The third-order valence-electron chi connectivity index (χ3n) is 3.01. The normalized spacial score (nSPS) is 32.8. The summed E-state index contributed by atoms with van der Waals surface area (Å²) in [5.74, 6) is -0.289. The Hall–Kier alpha value is -1.04. The fraction of sp³-hybridized carbons (Fsp3) is 0.800. The van der Waals surface area contributed by atoms with Crippen molar-refractivity contribution in [3.05, 3.63) is 0 Å². The molecule has 3 heteroatoms. The van der Waals surface area contributed by atoms with Crippen LogP contribution >= 0.6 is 0 Å². The summed E-state index contributed by atoms with van der Waals surface area (Å²) < 4.78 is 0. The Labute approximate surface area is 78.4 Å². The maximum absolute atomic E-state index is 10.8. The quantitative estimate of drug-likeness (QED) is 0.724. The van der Waals surface area contributed by atoms with Gasteiger partial charge in [0.2, 0.25) is 0 Å². The van der Waals surface area contributed by atoms with E-state index in [1.165, 1.54) is 0 Å². The van der Waals surface area contributed by atoms with E-state index in [0.717, 1.165) is 12.8 Å². The van der Waals surface area contributed by atoms with Crippen LogP contribution in [-0.2, 0) is 4.79 Å². The molecule has 0 aliphatic heterocycles. The number of carbonyl (C=O) groups is 1. The van der Waals surface area contributed by atoms with Gasteiger partial charge in [-0.05, 0) is 24.7 Å². The first-order chi connectivity index (χ1) is 6.19. The van der Waals surface area contributed by atoms with Gasteiger partial charge in [0.15, 0.2) is 0 Å². The van der Waals surface area contributed by atoms with Crippen LogP contribution in [0.5, 0.6) is 0 Å². The smallest absolute Gasteiger partial charge is 0.306 e. The summed E-state index contributed by atoms with van der Waals surface area (Å²) in [6, 6.07) is 2.12. The molecule has 0 radical (unpaired) electrons. The van der Waals surface area contributed by atoms with E-state index >= 15 is 0 Å². The molecule has 13 heavy (non-hydrogen) atoms. The van der Waals surface area contributed by atoms with E-state index in [4.69, 9.17) is 10.4 Å². The van der Waals surface area contributed by atoms with Crippen LogP contribution in [-0.4, -0.2) is 11.1 Å². The molecule has 0 amide bonds. The molecule has 3 atom stereocenters. The zero-order valence-corrected chi connectivity index (χ0v) is 7.86. The molecular weight excluding hydrogens is 166 g/mol. The molecule has 0 heterocycles. The second-order valence-corrected chi connectivity index (χ2v) is 3.81. The van der Waals surface area contributed by atoms with Gasteiger partial charge in [0, 0.05) is 6.42 Å². The minimum Gasteiger partial charge on any atom is -0.481 e. The van der Waals surface area contributed by atoms with Crippen LogP contribution in [0.2, 0.25) is 0 Å². The minimum atomic E-state index is -0.688. The Morgan fingerprint density at radius 3 is 2.69 bits per heavy atom. The molecule has 1 N–H and O–H groups in total. The Balaban J connectivity index is 2.57. The van der Waals surface area contributed by atoms with Gasteiger partial charge in [-0.15, -0.1) is 0 Å². The molecule has 0 unspecified atom stereocenters. The lowest BCUT2D eigenvalue weighted by molar-refractivity contribution is -0.143. The molecule has 72 valence electrons. The first kappa shape index (κ1) is 10.0. The predicted octanol–water partition coefficient (Wildman–Crippen LogP) is 2.04. The fourth-order valence-electron chi connectivity index (χ4n) is 2.29. The van der Waals surface area contributed by atoms with Crippen LogP contribution in [0.1, 0.15) is 32.6 Å². The monoisotopic (exact) mass is 181 g/mol. The number of nitriles is 1. The van der Waals surface area contributed by atoms with Crippen LogP contribution in [0.25, 0.3) is 0 Å². The highest BCUT2D eigenvalue weighted by atomic mass is 16.4. The average molecular weight is 181 g/mol. The molecule has 0 spiro atoms. The molecule has 1 aliphatic carbocycles. The largest absolute Gasteiger partial charge is 0.481 e. The summed E-state index contributed by atoms with van der Waals surface area (Å²) >= 11 is 0. The van der Waals surface area contributed by atoms with Crippen molar-refractivity contribution in [1.82, 2.24) is 0 Å². The van der Waals surface area contributed by atoms with Gasteiger partial charge >= 0.3 is 5.97 Å². The number of rotatable bonds is 3. The van der Waals surface area contributed by atoms with Gasteiger partial charge in [0.1, 0.15) is 0 Å². The number of aliphatic carboxylic acids is 1. The number of carboxylic acids is 1. The van der Waals surface area contributed by atoms with E-state index < -0.39 is 5.97 Å². The first-order valence-electron chi connectivity index (χ1n) is 4.78. The summed E-state index contributed by atoms with van der Waals surface area (Å²) in [4.78, 5) is 10.8. The lowest BCUT2D eigenvalue weighted by Gasteiger charge is -2.11. The molecular formula is C10H15NO2. The highest BCUT2D eigenvalue weighted by molar-refractivity contribution is 5.70. The Morgan fingerprint density at radius 1 is 1.62 bits per heavy atom. The van der Waals surface area contributed by atoms with E-state index in [9.17, 15) is 4.79 Å². The van der Waals surface area contributed by atoms with E-state index in [1.807, 2.05) is 6.92 Å². The standard InChI is InChI=1S/C10H15NO2/c1-2-8-5-7(3-4-11)6-9(8)10(12)13/h7-9H,2-3,5-6H2,1H3,(H,12,13)/t7-,8-,9+/m1/s1. The van der Waals surface area contributed by atoms with Crippen molar-refractivity contribution in [2.45, 2.75) is 32.6 Å². The highest BCUT2D eigenvalue weighted by Crippen LogP contribution is 2.39. The van der Waals surface area contributed by atoms with Gasteiger partial charge < -0.3 is 5.11 Å². The zero-order chi connectivity index (χ0) is 9.84.